The van der Waals surface area contributed by atoms with Gasteiger partial charge in [0.2, 0.25) is 0 Å². The van der Waals surface area contributed by atoms with Crippen molar-refractivity contribution in [3.63, 3.8) is 0 Å². The Balaban J connectivity index is 1.83. The molecule has 1 unspecified atom stereocenters. The maximum atomic E-state index is 6.85. The number of benzene rings is 2. The molecule has 2 aromatic carbocycles. The number of fused-ring (bicyclic) bond motifs is 1. The summed E-state index contributed by atoms with van der Waals surface area (Å²) in [6.45, 7) is 6.14. The van der Waals surface area contributed by atoms with E-state index in [0.717, 1.165) is 32.5 Å². The fraction of sp³-hybridized carbons (Fsp3) is 0.455. The predicted octanol–water partition coefficient (Wildman–Crippen LogP) is 5.01. The van der Waals surface area contributed by atoms with Crippen LogP contribution in [0.25, 0.3) is 0 Å². The molecule has 0 saturated carbocycles. The van der Waals surface area contributed by atoms with Crippen molar-refractivity contribution in [1.82, 2.24) is 0 Å². The van der Waals surface area contributed by atoms with Crippen molar-refractivity contribution >= 4 is 0 Å². The maximum Gasteiger partial charge on any atom is 0.120 e. The summed E-state index contributed by atoms with van der Waals surface area (Å²) in [7, 11) is 0. The molecule has 2 aromatic rings. The van der Waals surface area contributed by atoms with Gasteiger partial charge in [0.15, 0.2) is 0 Å². The van der Waals surface area contributed by atoms with Crippen molar-refractivity contribution < 1.29 is 9.47 Å². The first-order chi connectivity index (χ1) is 11.6. The van der Waals surface area contributed by atoms with Gasteiger partial charge in [-0.3, -0.25) is 0 Å². The zero-order valence-electron chi connectivity index (χ0n) is 14.6. The van der Waals surface area contributed by atoms with Crippen molar-refractivity contribution in [2.45, 2.75) is 44.3 Å². The van der Waals surface area contributed by atoms with Crippen LogP contribution >= 0.6 is 0 Å². The van der Waals surface area contributed by atoms with Gasteiger partial charge in [-0.25, -0.2) is 0 Å². The minimum atomic E-state index is -0.344. The van der Waals surface area contributed by atoms with Gasteiger partial charge in [0, 0.05) is 13.2 Å². The van der Waals surface area contributed by atoms with E-state index < -0.39 is 0 Å². The van der Waals surface area contributed by atoms with E-state index >= 15 is 0 Å². The van der Waals surface area contributed by atoms with E-state index in [1.54, 1.807) is 0 Å². The van der Waals surface area contributed by atoms with Gasteiger partial charge in [0.1, 0.15) is 5.60 Å². The lowest BCUT2D eigenvalue weighted by atomic mass is 9.76. The molecule has 0 aromatic heterocycles. The van der Waals surface area contributed by atoms with Crippen molar-refractivity contribution in [1.29, 1.82) is 0 Å². The van der Waals surface area contributed by atoms with Gasteiger partial charge < -0.3 is 9.47 Å². The second-order valence-electron chi connectivity index (χ2n) is 7.61. The first-order valence-corrected chi connectivity index (χ1v) is 9.05. The summed E-state index contributed by atoms with van der Waals surface area (Å²) in [5, 5.41) is 0. The average Bonchev–Trinajstić information content (AvgIpc) is 2.85. The summed E-state index contributed by atoms with van der Waals surface area (Å²) in [4.78, 5) is 0. The number of hydrogen-bond acceptors (Lipinski definition) is 2. The molecule has 0 spiro atoms. The lowest BCUT2D eigenvalue weighted by molar-refractivity contribution is -0.117. The highest BCUT2D eigenvalue weighted by molar-refractivity contribution is 5.47. The Morgan fingerprint density at radius 1 is 0.875 bits per heavy atom. The molecule has 0 N–H and O–H groups in total. The maximum absolute atomic E-state index is 6.85. The van der Waals surface area contributed by atoms with Crippen LogP contribution in [0.15, 0.2) is 54.6 Å². The minimum absolute atomic E-state index is 0.266. The topological polar surface area (TPSA) is 18.5 Å². The number of ether oxygens (including phenoxy) is 2. The predicted molar refractivity (Wildman–Crippen MR) is 95.9 cm³/mol. The van der Waals surface area contributed by atoms with Gasteiger partial charge in [-0.05, 0) is 55.7 Å². The van der Waals surface area contributed by atoms with E-state index in [2.05, 4.69) is 68.4 Å². The van der Waals surface area contributed by atoms with E-state index in [1.165, 1.54) is 16.7 Å². The molecule has 2 heteroatoms. The largest absolute Gasteiger partial charge is 0.381 e. The molecular formula is C22H26O2. The van der Waals surface area contributed by atoms with Crippen LogP contribution in [0.4, 0.5) is 0 Å². The lowest BCUT2D eigenvalue weighted by Gasteiger charge is -2.37. The molecule has 24 heavy (non-hydrogen) atoms. The van der Waals surface area contributed by atoms with Crippen LogP contribution in [-0.4, -0.2) is 13.2 Å². The van der Waals surface area contributed by atoms with Crippen molar-refractivity contribution in [3.05, 3.63) is 71.3 Å². The Morgan fingerprint density at radius 2 is 1.50 bits per heavy atom. The molecule has 1 atom stereocenters. The fourth-order valence-corrected chi connectivity index (χ4v) is 4.45. The summed E-state index contributed by atoms with van der Waals surface area (Å²) in [6, 6.07) is 19.5. The van der Waals surface area contributed by atoms with E-state index in [-0.39, 0.29) is 11.2 Å². The highest BCUT2D eigenvalue weighted by Gasteiger charge is 2.50. The molecule has 2 heterocycles. The zero-order valence-corrected chi connectivity index (χ0v) is 14.6. The second-order valence-corrected chi connectivity index (χ2v) is 7.61. The smallest absolute Gasteiger partial charge is 0.120 e. The fourth-order valence-electron chi connectivity index (χ4n) is 4.45. The molecule has 1 fully saturated rings. The quantitative estimate of drug-likeness (QED) is 0.790. The highest BCUT2D eigenvalue weighted by Crippen LogP contribution is 2.53. The molecule has 4 rings (SSSR count). The summed E-state index contributed by atoms with van der Waals surface area (Å²) >= 11 is 0. The molecule has 0 aliphatic carbocycles. The molecular weight excluding hydrogens is 296 g/mol. The summed E-state index contributed by atoms with van der Waals surface area (Å²) in [5.41, 5.74) is 3.32. The SMILES string of the molecule is CC1(C)OC(CC2CCOCC2)(c2ccccc2)c2ccccc21. The van der Waals surface area contributed by atoms with Crippen LogP contribution < -0.4 is 0 Å². The normalized spacial score (nSPS) is 26.2. The zero-order chi connectivity index (χ0) is 16.6. The number of rotatable bonds is 3. The van der Waals surface area contributed by atoms with Crippen LogP contribution in [0.2, 0.25) is 0 Å². The Hall–Kier alpha value is -1.64. The summed E-state index contributed by atoms with van der Waals surface area (Å²) in [6.07, 6.45) is 3.28. The molecule has 2 aliphatic heterocycles. The first kappa shape index (κ1) is 15.9. The third-order valence-corrected chi connectivity index (χ3v) is 5.60. The Labute approximate surface area is 144 Å². The third-order valence-electron chi connectivity index (χ3n) is 5.60. The van der Waals surface area contributed by atoms with Crippen LogP contribution in [0.1, 0.15) is 49.8 Å². The van der Waals surface area contributed by atoms with Crippen LogP contribution in [0, 0.1) is 5.92 Å². The Bertz CT molecular complexity index is 701. The highest BCUT2D eigenvalue weighted by atomic mass is 16.5. The first-order valence-electron chi connectivity index (χ1n) is 9.05. The summed E-state index contributed by atoms with van der Waals surface area (Å²) in [5.74, 6) is 0.640. The van der Waals surface area contributed by atoms with Crippen molar-refractivity contribution in [3.8, 4) is 0 Å². The van der Waals surface area contributed by atoms with Crippen molar-refractivity contribution in [2.24, 2.45) is 5.92 Å². The van der Waals surface area contributed by atoms with E-state index in [0.29, 0.717) is 5.92 Å². The van der Waals surface area contributed by atoms with Gasteiger partial charge >= 0.3 is 0 Å². The van der Waals surface area contributed by atoms with E-state index in [9.17, 15) is 0 Å². The molecule has 0 bridgehead atoms. The molecule has 2 nitrogen and oxygen atoms in total. The summed E-state index contributed by atoms with van der Waals surface area (Å²) < 4.78 is 12.4. The van der Waals surface area contributed by atoms with Gasteiger partial charge in [-0.1, -0.05) is 54.6 Å². The molecule has 0 amide bonds. The van der Waals surface area contributed by atoms with Crippen molar-refractivity contribution in [2.75, 3.05) is 13.2 Å². The molecule has 126 valence electrons. The van der Waals surface area contributed by atoms with Crippen LogP contribution in [0.5, 0.6) is 0 Å². The van der Waals surface area contributed by atoms with Gasteiger partial charge in [0.05, 0.1) is 5.60 Å². The number of hydrogen-bond donors (Lipinski definition) is 0. The standard InChI is InChI=1S/C22H26O2/c1-21(2)19-10-6-7-11-20(19)22(24-21,18-8-4-3-5-9-18)16-17-12-14-23-15-13-17/h3-11,17H,12-16H2,1-2H3. The molecule has 1 saturated heterocycles. The van der Waals surface area contributed by atoms with Gasteiger partial charge in [0.25, 0.3) is 0 Å². The monoisotopic (exact) mass is 322 g/mol. The van der Waals surface area contributed by atoms with Crippen LogP contribution in [0.3, 0.4) is 0 Å². The molecule has 0 radical (unpaired) electrons. The minimum Gasteiger partial charge on any atom is -0.381 e. The van der Waals surface area contributed by atoms with E-state index in [4.69, 9.17) is 9.47 Å². The second kappa shape index (κ2) is 6.02. The lowest BCUT2D eigenvalue weighted by Crippen LogP contribution is -2.34. The Morgan fingerprint density at radius 3 is 2.21 bits per heavy atom. The third kappa shape index (κ3) is 2.58. The Kier molecular flexibility index (Phi) is 3.98. The average molecular weight is 322 g/mol. The van der Waals surface area contributed by atoms with Gasteiger partial charge in [-0.2, -0.15) is 0 Å². The molecule has 2 aliphatic rings. The van der Waals surface area contributed by atoms with Crippen LogP contribution in [-0.2, 0) is 20.7 Å². The van der Waals surface area contributed by atoms with Gasteiger partial charge in [-0.15, -0.1) is 0 Å². The van der Waals surface area contributed by atoms with E-state index in [1.807, 2.05) is 0 Å².